The van der Waals surface area contributed by atoms with E-state index in [0.29, 0.717) is 11.5 Å². The van der Waals surface area contributed by atoms with Crippen LogP contribution in [0.5, 0.6) is 0 Å². The maximum Gasteiger partial charge on any atom is 0.251 e. The number of hydrogen-bond acceptors (Lipinski definition) is 3. The number of nitrogens with one attached hydrogen (secondary N) is 3. The Balaban J connectivity index is 1.63. The molecular weight excluding hydrogens is 262 g/mol. The SMILES string of the molecule is CC1(C)CCC(NC(=O)c2ccc3c(c2)NCCN3)CC1. The molecule has 0 aromatic heterocycles. The van der Waals surface area contributed by atoms with Gasteiger partial charge >= 0.3 is 0 Å². The molecule has 2 aliphatic rings. The van der Waals surface area contributed by atoms with Crippen LogP contribution in [0.25, 0.3) is 0 Å². The van der Waals surface area contributed by atoms with Crippen molar-refractivity contribution in [3.8, 4) is 0 Å². The van der Waals surface area contributed by atoms with E-state index in [4.69, 9.17) is 0 Å². The summed E-state index contributed by atoms with van der Waals surface area (Å²) < 4.78 is 0. The summed E-state index contributed by atoms with van der Waals surface area (Å²) in [6.45, 7) is 6.45. The first kappa shape index (κ1) is 14.2. The van der Waals surface area contributed by atoms with E-state index in [9.17, 15) is 4.79 Å². The zero-order chi connectivity index (χ0) is 14.9. The summed E-state index contributed by atoms with van der Waals surface area (Å²) >= 11 is 0. The van der Waals surface area contributed by atoms with Gasteiger partial charge in [-0.05, 0) is 49.3 Å². The molecule has 1 saturated carbocycles. The molecule has 1 aliphatic carbocycles. The van der Waals surface area contributed by atoms with Crippen molar-refractivity contribution in [2.75, 3.05) is 23.7 Å². The van der Waals surface area contributed by atoms with Crippen LogP contribution in [0.3, 0.4) is 0 Å². The molecule has 3 N–H and O–H groups in total. The lowest BCUT2D eigenvalue weighted by molar-refractivity contribution is 0.0909. The highest BCUT2D eigenvalue weighted by Crippen LogP contribution is 2.35. The van der Waals surface area contributed by atoms with Crippen LogP contribution in [0.15, 0.2) is 18.2 Å². The molecule has 1 fully saturated rings. The van der Waals surface area contributed by atoms with Crippen LogP contribution >= 0.6 is 0 Å². The molecule has 0 unspecified atom stereocenters. The maximum atomic E-state index is 12.4. The van der Waals surface area contributed by atoms with Gasteiger partial charge in [-0.25, -0.2) is 0 Å². The van der Waals surface area contributed by atoms with Gasteiger partial charge in [0.2, 0.25) is 0 Å². The fourth-order valence-electron chi connectivity index (χ4n) is 3.19. The van der Waals surface area contributed by atoms with Crippen molar-refractivity contribution < 1.29 is 4.79 Å². The molecule has 114 valence electrons. The largest absolute Gasteiger partial charge is 0.382 e. The summed E-state index contributed by atoms with van der Waals surface area (Å²) in [6, 6.07) is 6.16. The van der Waals surface area contributed by atoms with E-state index >= 15 is 0 Å². The lowest BCUT2D eigenvalue weighted by Gasteiger charge is -2.34. The predicted molar refractivity (Wildman–Crippen MR) is 86.9 cm³/mol. The second-order valence-electron chi connectivity index (χ2n) is 7.03. The van der Waals surface area contributed by atoms with Gasteiger partial charge in [0.25, 0.3) is 5.91 Å². The highest BCUT2D eigenvalue weighted by Gasteiger charge is 2.27. The Labute approximate surface area is 126 Å². The molecule has 3 rings (SSSR count). The van der Waals surface area contributed by atoms with E-state index in [1.165, 1.54) is 12.8 Å². The quantitative estimate of drug-likeness (QED) is 0.783. The minimum absolute atomic E-state index is 0.0508. The second-order valence-corrected chi connectivity index (χ2v) is 7.03. The molecule has 4 heteroatoms. The van der Waals surface area contributed by atoms with E-state index < -0.39 is 0 Å². The Kier molecular flexibility index (Phi) is 3.79. The van der Waals surface area contributed by atoms with Crippen LogP contribution in [-0.2, 0) is 0 Å². The first-order chi connectivity index (χ1) is 10.0. The highest BCUT2D eigenvalue weighted by molar-refractivity contribution is 5.96. The molecule has 21 heavy (non-hydrogen) atoms. The maximum absolute atomic E-state index is 12.4. The number of hydrogen-bond donors (Lipinski definition) is 3. The molecule has 4 nitrogen and oxygen atoms in total. The molecular formula is C17H25N3O. The monoisotopic (exact) mass is 287 g/mol. The normalized spacial score (nSPS) is 20.9. The lowest BCUT2D eigenvalue weighted by atomic mass is 9.75. The number of amides is 1. The summed E-state index contributed by atoms with van der Waals surface area (Å²) in [4.78, 5) is 12.4. The van der Waals surface area contributed by atoms with E-state index in [-0.39, 0.29) is 5.91 Å². The van der Waals surface area contributed by atoms with Gasteiger partial charge in [-0.3, -0.25) is 4.79 Å². The molecule has 1 aromatic carbocycles. The Morgan fingerprint density at radius 2 is 1.81 bits per heavy atom. The number of benzene rings is 1. The van der Waals surface area contributed by atoms with Gasteiger partial charge in [-0.1, -0.05) is 13.8 Å². The van der Waals surface area contributed by atoms with Gasteiger partial charge in [0, 0.05) is 24.7 Å². The van der Waals surface area contributed by atoms with Gasteiger partial charge in [0.1, 0.15) is 0 Å². The van der Waals surface area contributed by atoms with Gasteiger partial charge in [-0.15, -0.1) is 0 Å². The molecule has 0 saturated heterocycles. The van der Waals surface area contributed by atoms with E-state index in [1.807, 2.05) is 18.2 Å². The van der Waals surface area contributed by atoms with Gasteiger partial charge < -0.3 is 16.0 Å². The van der Waals surface area contributed by atoms with Crippen molar-refractivity contribution in [2.24, 2.45) is 5.41 Å². The lowest BCUT2D eigenvalue weighted by Crippen LogP contribution is -2.39. The Morgan fingerprint density at radius 1 is 1.14 bits per heavy atom. The number of carbonyl (C=O) groups excluding carboxylic acids is 1. The van der Waals surface area contributed by atoms with Crippen LogP contribution in [0.2, 0.25) is 0 Å². The Morgan fingerprint density at radius 3 is 2.52 bits per heavy atom. The molecule has 1 heterocycles. The molecule has 1 aromatic rings. The predicted octanol–water partition coefficient (Wildman–Crippen LogP) is 3.22. The molecule has 1 amide bonds. The number of fused-ring (bicyclic) bond motifs is 1. The first-order valence-corrected chi connectivity index (χ1v) is 7.96. The minimum Gasteiger partial charge on any atom is -0.382 e. The van der Waals surface area contributed by atoms with Crippen LogP contribution in [0.4, 0.5) is 11.4 Å². The van der Waals surface area contributed by atoms with Crippen LogP contribution in [0.1, 0.15) is 49.9 Å². The van der Waals surface area contributed by atoms with Crippen molar-refractivity contribution in [3.05, 3.63) is 23.8 Å². The summed E-state index contributed by atoms with van der Waals surface area (Å²) in [6.07, 6.45) is 4.55. The molecule has 0 radical (unpaired) electrons. The van der Waals surface area contributed by atoms with Crippen molar-refractivity contribution in [1.29, 1.82) is 0 Å². The third-order valence-corrected chi connectivity index (χ3v) is 4.71. The summed E-state index contributed by atoms with van der Waals surface area (Å²) in [7, 11) is 0. The summed E-state index contributed by atoms with van der Waals surface area (Å²) in [5.74, 6) is 0.0508. The van der Waals surface area contributed by atoms with Gasteiger partial charge in [-0.2, -0.15) is 0 Å². The van der Waals surface area contributed by atoms with E-state index in [1.54, 1.807) is 0 Å². The van der Waals surface area contributed by atoms with E-state index in [0.717, 1.165) is 42.9 Å². The zero-order valence-corrected chi connectivity index (χ0v) is 13.0. The fourth-order valence-corrected chi connectivity index (χ4v) is 3.19. The molecule has 1 aliphatic heterocycles. The molecule has 0 bridgehead atoms. The third kappa shape index (κ3) is 3.31. The van der Waals surface area contributed by atoms with E-state index in [2.05, 4.69) is 29.8 Å². The van der Waals surface area contributed by atoms with Crippen molar-refractivity contribution in [2.45, 2.75) is 45.6 Å². The second kappa shape index (κ2) is 5.58. The number of rotatable bonds is 2. The third-order valence-electron chi connectivity index (χ3n) is 4.71. The first-order valence-electron chi connectivity index (χ1n) is 7.96. The smallest absolute Gasteiger partial charge is 0.251 e. The summed E-state index contributed by atoms with van der Waals surface area (Å²) in [5.41, 5.74) is 3.29. The Bertz CT molecular complexity index is 529. The van der Waals surface area contributed by atoms with Crippen LogP contribution < -0.4 is 16.0 Å². The van der Waals surface area contributed by atoms with Gasteiger partial charge in [0.05, 0.1) is 11.4 Å². The molecule has 0 spiro atoms. The molecule has 0 atom stereocenters. The average molecular weight is 287 g/mol. The van der Waals surface area contributed by atoms with Crippen molar-refractivity contribution in [3.63, 3.8) is 0 Å². The average Bonchev–Trinajstić information content (AvgIpc) is 2.49. The van der Waals surface area contributed by atoms with Crippen LogP contribution in [-0.4, -0.2) is 25.0 Å². The minimum atomic E-state index is 0.0508. The standard InChI is InChI=1S/C17H25N3O/c1-17(2)7-5-13(6-8-17)20-16(21)12-3-4-14-15(11-12)19-10-9-18-14/h3-4,11,13,18-19H,5-10H2,1-2H3,(H,20,21). The summed E-state index contributed by atoms with van der Waals surface area (Å²) in [5, 5.41) is 9.85. The van der Waals surface area contributed by atoms with Gasteiger partial charge in [0.15, 0.2) is 0 Å². The highest BCUT2D eigenvalue weighted by atomic mass is 16.1. The fraction of sp³-hybridized carbons (Fsp3) is 0.588. The topological polar surface area (TPSA) is 53.2 Å². The zero-order valence-electron chi connectivity index (χ0n) is 13.0. The van der Waals surface area contributed by atoms with Crippen molar-refractivity contribution >= 4 is 17.3 Å². The number of carbonyl (C=O) groups is 1. The number of anilines is 2. The Hall–Kier alpha value is -1.71. The van der Waals surface area contributed by atoms with Crippen molar-refractivity contribution in [1.82, 2.24) is 5.32 Å². The van der Waals surface area contributed by atoms with Crippen LogP contribution in [0, 0.1) is 5.41 Å².